The van der Waals surface area contributed by atoms with Crippen LogP contribution in [0.4, 0.5) is 11.4 Å². The SMILES string of the molecule is C=CC(=O)Nc1ccc(-c2ccccc2NCCC[Si](OCC)(OCC)OCC)cc1. The second kappa shape index (κ2) is 13.1. The maximum Gasteiger partial charge on any atom is 0.500 e. The number of benzene rings is 2. The van der Waals surface area contributed by atoms with E-state index in [2.05, 4.69) is 29.3 Å². The van der Waals surface area contributed by atoms with Crippen LogP contribution in [-0.4, -0.2) is 41.1 Å². The van der Waals surface area contributed by atoms with E-state index in [9.17, 15) is 4.79 Å². The van der Waals surface area contributed by atoms with Gasteiger partial charge in [-0.1, -0.05) is 36.9 Å². The van der Waals surface area contributed by atoms with Crippen molar-refractivity contribution in [2.45, 2.75) is 33.2 Å². The minimum absolute atomic E-state index is 0.222. The van der Waals surface area contributed by atoms with Gasteiger partial charge in [-0.3, -0.25) is 4.79 Å². The van der Waals surface area contributed by atoms with Crippen molar-refractivity contribution in [2.75, 3.05) is 37.0 Å². The fourth-order valence-electron chi connectivity index (χ4n) is 3.34. The van der Waals surface area contributed by atoms with Gasteiger partial charge in [-0.2, -0.15) is 0 Å². The summed E-state index contributed by atoms with van der Waals surface area (Å²) in [5.74, 6) is -0.222. The van der Waals surface area contributed by atoms with Gasteiger partial charge in [0, 0.05) is 49.3 Å². The monoisotopic (exact) mass is 442 g/mol. The summed E-state index contributed by atoms with van der Waals surface area (Å²) in [5.41, 5.74) is 3.97. The van der Waals surface area contributed by atoms with Crippen LogP contribution in [-0.2, 0) is 18.1 Å². The Labute approximate surface area is 187 Å². The molecule has 0 aromatic heterocycles. The summed E-state index contributed by atoms with van der Waals surface area (Å²) in [4.78, 5) is 11.5. The van der Waals surface area contributed by atoms with E-state index in [0.717, 1.165) is 41.5 Å². The molecule has 6 nitrogen and oxygen atoms in total. The van der Waals surface area contributed by atoms with Crippen molar-refractivity contribution >= 4 is 26.1 Å². The lowest BCUT2D eigenvalue weighted by Crippen LogP contribution is -2.46. The van der Waals surface area contributed by atoms with Gasteiger partial charge in [0.2, 0.25) is 5.91 Å². The van der Waals surface area contributed by atoms with Crippen molar-refractivity contribution in [1.82, 2.24) is 0 Å². The molecule has 7 heteroatoms. The first-order valence-corrected chi connectivity index (χ1v) is 12.8. The summed E-state index contributed by atoms with van der Waals surface area (Å²) in [6.07, 6.45) is 2.14. The van der Waals surface area contributed by atoms with Gasteiger partial charge in [0.25, 0.3) is 0 Å². The lowest BCUT2D eigenvalue weighted by atomic mass is 10.0. The van der Waals surface area contributed by atoms with Gasteiger partial charge in [-0.05, 0) is 57.0 Å². The molecule has 168 valence electrons. The van der Waals surface area contributed by atoms with Crippen LogP contribution in [0.5, 0.6) is 0 Å². The zero-order valence-electron chi connectivity index (χ0n) is 18.8. The van der Waals surface area contributed by atoms with Gasteiger partial charge in [-0.25, -0.2) is 0 Å². The van der Waals surface area contributed by atoms with Crippen LogP contribution in [0.1, 0.15) is 27.2 Å². The van der Waals surface area contributed by atoms with Crippen molar-refractivity contribution in [3.63, 3.8) is 0 Å². The summed E-state index contributed by atoms with van der Waals surface area (Å²) in [7, 11) is -2.62. The van der Waals surface area contributed by atoms with Crippen molar-refractivity contribution in [3.05, 3.63) is 61.2 Å². The molecule has 2 aromatic carbocycles. The van der Waals surface area contributed by atoms with E-state index in [1.807, 2.05) is 57.2 Å². The van der Waals surface area contributed by atoms with E-state index in [1.165, 1.54) is 6.08 Å². The summed E-state index contributed by atoms with van der Waals surface area (Å²) in [5, 5.41) is 6.31. The Bertz CT molecular complexity index is 810. The van der Waals surface area contributed by atoms with Crippen LogP contribution >= 0.6 is 0 Å². The van der Waals surface area contributed by atoms with Gasteiger partial charge in [0.05, 0.1) is 0 Å². The average molecular weight is 443 g/mol. The van der Waals surface area contributed by atoms with Crippen molar-refractivity contribution in [2.24, 2.45) is 0 Å². The minimum Gasteiger partial charge on any atom is -0.385 e. The molecule has 0 aliphatic rings. The number of anilines is 2. The zero-order valence-corrected chi connectivity index (χ0v) is 19.8. The standard InChI is InChI=1S/C24H34N2O4Si/c1-5-24(27)26-21-16-14-20(15-17-21)22-12-9-10-13-23(22)25-18-11-19-31(28-6-2,29-7-3)30-8-4/h5,9-10,12-17,25H,1,6-8,11,18-19H2,2-4H3,(H,26,27). The molecule has 1 amide bonds. The molecular weight excluding hydrogens is 408 g/mol. The van der Waals surface area contributed by atoms with Crippen molar-refractivity contribution < 1.29 is 18.1 Å². The molecule has 0 saturated carbocycles. The number of carbonyl (C=O) groups is 1. The summed E-state index contributed by atoms with van der Waals surface area (Å²) < 4.78 is 17.8. The Morgan fingerprint density at radius 2 is 1.58 bits per heavy atom. The number of amides is 1. The maximum atomic E-state index is 11.5. The first-order valence-electron chi connectivity index (χ1n) is 10.9. The highest BCUT2D eigenvalue weighted by atomic mass is 28.4. The van der Waals surface area contributed by atoms with Crippen LogP contribution in [0.25, 0.3) is 11.1 Å². The topological polar surface area (TPSA) is 68.8 Å². The third-order valence-corrected chi connectivity index (χ3v) is 7.80. The molecule has 0 saturated heterocycles. The van der Waals surface area contributed by atoms with Crippen LogP contribution < -0.4 is 10.6 Å². The fourth-order valence-corrected chi connectivity index (χ4v) is 5.96. The van der Waals surface area contributed by atoms with Gasteiger partial charge >= 0.3 is 8.80 Å². The molecule has 0 heterocycles. The van der Waals surface area contributed by atoms with Crippen molar-refractivity contribution in [3.8, 4) is 11.1 Å². The van der Waals surface area contributed by atoms with Crippen LogP contribution in [0.15, 0.2) is 61.2 Å². The maximum absolute atomic E-state index is 11.5. The molecule has 0 aliphatic carbocycles. The number of rotatable bonds is 14. The van der Waals surface area contributed by atoms with Gasteiger partial charge < -0.3 is 23.9 Å². The molecule has 0 spiro atoms. The Balaban J connectivity index is 2.02. The molecule has 0 atom stereocenters. The molecule has 0 unspecified atom stereocenters. The van der Waals surface area contributed by atoms with Crippen LogP contribution in [0.3, 0.4) is 0 Å². The first kappa shape index (κ1) is 24.8. The second-order valence-electron chi connectivity index (χ2n) is 6.83. The summed E-state index contributed by atoms with van der Waals surface area (Å²) in [6.45, 7) is 11.9. The van der Waals surface area contributed by atoms with E-state index >= 15 is 0 Å². The van der Waals surface area contributed by atoms with Gasteiger partial charge in [-0.15, -0.1) is 0 Å². The Morgan fingerprint density at radius 3 is 2.16 bits per heavy atom. The molecular formula is C24H34N2O4Si. The van der Waals surface area contributed by atoms with Gasteiger partial charge in [0.15, 0.2) is 0 Å². The first-order chi connectivity index (χ1) is 15.1. The summed E-state index contributed by atoms with van der Waals surface area (Å²) >= 11 is 0. The Morgan fingerprint density at radius 1 is 0.968 bits per heavy atom. The number of para-hydroxylation sites is 1. The fraction of sp³-hybridized carbons (Fsp3) is 0.375. The highest BCUT2D eigenvalue weighted by Gasteiger charge is 2.39. The van der Waals surface area contributed by atoms with E-state index < -0.39 is 8.80 Å². The number of carbonyl (C=O) groups excluding carboxylic acids is 1. The molecule has 2 aromatic rings. The number of hydrogen-bond donors (Lipinski definition) is 2. The molecule has 2 rings (SSSR count). The largest absolute Gasteiger partial charge is 0.500 e. The lowest BCUT2D eigenvalue weighted by Gasteiger charge is -2.28. The highest BCUT2D eigenvalue weighted by molar-refractivity contribution is 6.60. The second-order valence-corrected chi connectivity index (χ2v) is 9.56. The van der Waals surface area contributed by atoms with Crippen LogP contribution in [0, 0.1) is 0 Å². The molecule has 0 aliphatic heterocycles. The minimum atomic E-state index is -2.62. The van der Waals surface area contributed by atoms with Gasteiger partial charge in [0.1, 0.15) is 0 Å². The van der Waals surface area contributed by atoms with E-state index in [1.54, 1.807) is 0 Å². The Hall–Kier alpha value is -2.45. The molecule has 0 radical (unpaired) electrons. The molecule has 31 heavy (non-hydrogen) atoms. The summed E-state index contributed by atoms with van der Waals surface area (Å²) in [6, 6.07) is 16.7. The van der Waals surface area contributed by atoms with Crippen molar-refractivity contribution in [1.29, 1.82) is 0 Å². The quantitative estimate of drug-likeness (QED) is 0.235. The predicted molar refractivity (Wildman–Crippen MR) is 129 cm³/mol. The average Bonchev–Trinajstić information content (AvgIpc) is 2.78. The Kier molecular flexibility index (Phi) is 10.5. The van der Waals surface area contributed by atoms with E-state index in [0.29, 0.717) is 19.8 Å². The number of hydrogen-bond acceptors (Lipinski definition) is 5. The molecule has 0 bridgehead atoms. The smallest absolute Gasteiger partial charge is 0.385 e. The number of nitrogens with one attached hydrogen (secondary N) is 2. The molecule has 0 fully saturated rings. The lowest BCUT2D eigenvalue weighted by molar-refractivity contribution is -0.111. The third-order valence-electron chi connectivity index (χ3n) is 4.64. The third kappa shape index (κ3) is 7.63. The van der Waals surface area contributed by atoms with E-state index in [-0.39, 0.29) is 5.91 Å². The van der Waals surface area contributed by atoms with Crippen LogP contribution in [0.2, 0.25) is 6.04 Å². The molecule has 2 N–H and O–H groups in total. The normalized spacial score (nSPS) is 11.2. The zero-order chi connectivity index (χ0) is 22.5. The highest BCUT2D eigenvalue weighted by Crippen LogP contribution is 2.29. The van der Waals surface area contributed by atoms with E-state index in [4.69, 9.17) is 13.3 Å². The predicted octanol–water partition coefficient (Wildman–Crippen LogP) is 5.33.